The number of aryl methyl sites for hydroxylation is 1. The minimum Gasteiger partial charge on any atom is -0.481 e. The zero-order chi connectivity index (χ0) is 9.56. The number of anilines is 1. The molecule has 0 atom stereocenters. The number of carboxylic acids is 1. The average molecular weight is 231 g/mol. The van der Waals surface area contributed by atoms with Crippen LogP contribution >= 0.6 is 0 Å². The third kappa shape index (κ3) is 8.92. The van der Waals surface area contributed by atoms with Crippen molar-refractivity contribution in [3.63, 3.8) is 0 Å². The Kier molecular flexibility index (Phi) is 8.55. The molecule has 13 heavy (non-hydrogen) atoms. The van der Waals surface area contributed by atoms with Crippen LogP contribution in [0.2, 0.25) is 0 Å². The van der Waals surface area contributed by atoms with Crippen molar-refractivity contribution in [2.24, 2.45) is 0 Å². The number of hydrogen-bond donors (Lipinski definition) is 2. The average Bonchev–Trinajstić information content (AvgIpc) is 1.94. The molecule has 0 aromatic heterocycles. The predicted octanol–water partition coefficient (Wildman–Crippen LogP) is 1.67. The summed E-state index contributed by atoms with van der Waals surface area (Å²) in [5.41, 5.74) is 7.53. The Morgan fingerprint density at radius 1 is 1.38 bits per heavy atom. The van der Waals surface area contributed by atoms with Crippen molar-refractivity contribution in [3.8, 4) is 0 Å². The van der Waals surface area contributed by atoms with Crippen molar-refractivity contribution < 1.29 is 27.0 Å². The number of benzene rings is 1. The van der Waals surface area contributed by atoms with Crippen LogP contribution < -0.4 is 5.73 Å². The molecule has 0 saturated heterocycles. The first-order chi connectivity index (χ1) is 5.54. The van der Waals surface area contributed by atoms with E-state index in [4.69, 9.17) is 15.6 Å². The summed E-state index contributed by atoms with van der Waals surface area (Å²) in [5, 5.41) is 7.42. The first-order valence-electron chi connectivity index (χ1n) is 3.54. The molecule has 0 bridgehead atoms. The van der Waals surface area contributed by atoms with Gasteiger partial charge in [-0.15, -0.1) is 0 Å². The predicted molar refractivity (Wildman–Crippen MR) is 48.9 cm³/mol. The second-order valence-electron chi connectivity index (χ2n) is 2.38. The van der Waals surface area contributed by atoms with Crippen LogP contribution in [0, 0.1) is 6.92 Å². The Bertz CT molecular complexity index is 239. The van der Waals surface area contributed by atoms with Crippen LogP contribution in [-0.4, -0.2) is 11.1 Å². The number of nitrogen functional groups attached to an aromatic ring is 1. The van der Waals surface area contributed by atoms with Gasteiger partial charge < -0.3 is 10.8 Å². The van der Waals surface area contributed by atoms with Crippen LogP contribution in [0.1, 0.15) is 12.5 Å². The number of nitrogens with two attached hydrogens (primary N) is 1. The van der Waals surface area contributed by atoms with Crippen molar-refractivity contribution in [1.82, 2.24) is 0 Å². The molecule has 77 valence electrons. The Hall–Kier alpha value is -0.991. The Morgan fingerprint density at radius 3 is 2.00 bits per heavy atom. The monoisotopic (exact) mass is 230 g/mol. The third-order valence-electron chi connectivity index (χ3n) is 1.19. The molecule has 0 fully saturated rings. The normalized spacial score (nSPS) is 7.54. The number of aliphatic carboxylic acids is 1. The Balaban J connectivity index is 0. The van der Waals surface area contributed by atoms with E-state index in [2.05, 4.69) is 0 Å². The van der Waals surface area contributed by atoms with E-state index in [0.717, 1.165) is 18.2 Å². The van der Waals surface area contributed by atoms with E-state index in [9.17, 15) is 0 Å². The van der Waals surface area contributed by atoms with E-state index in [1.165, 1.54) is 0 Å². The molecule has 1 aromatic carbocycles. The molecular formula is C9H13CuNO2. The number of carbonyl (C=O) groups is 1. The molecule has 0 spiro atoms. The second kappa shape index (κ2) is 7.65. The number of rotatable bonds is 0. The topological polar surface area (TPSA) is 63.3 Å². The Morgan fingerprint density at radius 2 is 1.77 bits per heavy atom. The molecule has 1 rings (SSSR count). The maximum Gasteiger partial charge on any atom is 0.300 e. The van der Waals surface area contributed by atoms with Gasteiger partial charge in [0.1, 0.15) is 0 Å². The molecule has 0 aliphatic heterocycles. The van der Waals surface area contributed by atoms with Gasteiger partial charge in [-0.05, 0) is 18.6 Å². The molecule has 3 nitrogen and oxygen atoms in total. The van der Waals surface area contributed by atoms with E-state index < -0.39 is 5.97 Å². The Labute approximate surface area is 88.4 Å². The summed E-state index contributed by atoms with van der Waals surface area (Å²) in [6, 6.07) is 7.80. The molecule has 4 heteroatoms. The largest absolute Gasteiger partial charge is 0.481 e. The van der Waals surface area contributed by atoms with Crippen LogP contribution in [-0.2, 0) is 21.9 Å². The van der Waals surface area contributed by atoms with Crippen LogP contribution in [0.5, 0.6) is 0 Å². The van der Waals surface area contributed by atoms with Gasteiger partial charge in [0.25, 0.3) is 5.97 Å². The van der Waals surface area contributed by atoms with Gasteiger partial charge in [0.05, 0.1) is 0 Å². The number of para-hydroxylation sites is 1. The van der Waals surface area contributed by atoms with Gasteiger partial charge in [0.2, 0.25) is 0 Å². The van der Waals surface area contributed by atoms with Crippen LogP contribution in [0.15, 0.2) is 24.3 Å². The van der Waals surface area contributed by atoms with Crippen molar-refractivity contribution >= 4 is 11.7 Å². The van der Waals surface area contributed by atoms with E-state index >= 15 is 0 Å². The van der Waals surface area contributed by atoms with Gasteiger partial charge in [0, 0.05) is 29.7 Å². The smallest absolute Gasteiger partial charge is 0.300 e. The summed E-state index contributed by atoms with van der Waals surface area (Å²) < 4.78 is 0. The molecule has 1 aromatic rings. The van der Waals surface area contributed by atoms with E-state index in [1.54, 1.807) is 0 Å². The number of hydrogen-bond acceptors (Lipinski definition) is 2. The number of carboxylic acid groups (broad SMARTS) is 1. The standard InChI is InChI=1S/C7H9N.C2H4O2.Cu/c1-6-4-2-3-5-7(6)8;1-2(3)4;/h2-5H,8H2,1H3;1H3,(H,3,4);. The van der Waals surface area contributed by atoms with E-state index in [-0.39, 0.29) is 17.1 Å². The second-order valence-corrected chi connectivity index (χ2v) is 2.38. The van der Waals surface area contributed by atoms with Gasteiger partial charge in [-0.1, -0.05) is 18.2 Å². The fourth-order valence-corrected chi connectivity index (χ4v) is 0.587. The molecular weight excluding hydrogens is 218 g/mol. The molecule has 0 unspecified atom stereocenters. The van der Waals surface area contributed by atoms with Gasteiger partial charge in [-0.25, -0.2) is 0 Å². The maximum atomic E-state index is 9.00. The van der Waals surface area contributed by atoms with Gasteiger partial charge in [0.15, 0.2) is 0 Å². The third-order valence-corrected chi connectivity index (χ3v) is 1.19. The van der Waals surface area contributed by atoms with Crippen LogP contribution in [0.4, 0.5) is 5.69 Å². The molecule has 0 heterocycles. The van der Waals surface area contributed by atoms with Gasteiger partial charge in [-0.3, -0.25) is 4.79 Å². The summed E-state index contributed by atoms with van der Waals surface area (Å²) in [4.78, 5) is 9.00. The summed E-state index contributed by atoms with van der Waals surface area (Å²) in [6.07, 6.45) is 0. The first kappa shape index (κ1) is 14.5. The fraction of sp³-hybridized carbons (Fsp3) is 0.222. The van der Waals surface area contributed by atoms with Crippen molar-refractivity contribution in [3.05, 3.63) is 29.8 Å². The summed E-state index contributed by atoms with van der Waals surface area (Å²) in [6.45, 7) is 3.08. The SMILES string of the molecule is CC(=O)O.Cc1ccccc1N.[Cu]. The van der Waals surface area contributed by atoms with Crippen LogP contribution in [0.25, 0.3) is 0 Å². The molecule has 0 aliphatic rings. The zero-order valence-corrected chi connectivity index (χ0v) is 8.49. The summed E-state index contributed by atoms with van der Waals surface area (Å²) in [5.74, 6) is -0.833. The first-order valence-corrected chi connectivity index (χ1v) is 3.54. The fourth-order valence-electron chi connectivity index (χ4n) is 0.587. The van der Waals surface area contributed by atoms with Crippen molar-refractivity contribution in [2.75, 3.05) is 5.73 Å². The molecule has 0 aliphatic carbocycles. The molecule has 0 saturated carbocycles. The zero-order valence-electron chi connectivity index (χ0n) is 7.54. The minimum atomic E-state index is -0.833. The quantitative estimate of drug-likeness (QED) is 0.527. The summed E-state index contributed by atoms with van der Waals surface area (Å²) in [7, 11) is 0. The van der Waals surface area contributed by atoms with Crippen molar-refractivity contribution in [2.45, 2.75) is 13.8 Å². The minimum absolute atomic E-state index is 0. The van der Waals surface area contributed by atoms with Crippen molar-refractivity contribution in [1.29, 1.82) is 0 Å². The molecule has 0 amide bonds. The van der Waals surface area contributed by atoms with Gasteiger partial charge >= 0.3 is 0 Å². The van der Waals surface area contributed by atoms with Crippen LogP contribution in [0.3, 0.4) is 0 Å². The molecule has 1 radical (unpaired) electrons. The van der Waals surface area contributed by atoms with Gasteiger partial charge in [-0.2, -0.15) is 0 Å². The van der Waals surface area contributed by atoms with E-state index in [1.807, 2.05) is 31.2 Å². The maximum absolute atomic E-state index is 9.00. The van der Waals surface area contributed by atoms with E-state index in [0.29, 0.717) is 0 Å². The molecule has 3 N–H and O–H groups in total. The summed E-state index contributed by atoms with van der Waals surface area (Å²) >= 11 is 0.